The quantitative estimate of drug-likeness (QED) is 0.0531. The van der Waals surface area contributed by atoms with Crippen molar-refractivity contribution in [1.29, 1.82) is 0 Å². The van der Waals surface area contributed by atoms with Crippen molar-refractivity contribution in [2.75, 3.05) is 26.2 Å². The molecule has 38 heavy (non-hydrogen) atoms. The van der Waals surface area contributed by atoms with Crippen LogP contribution in [-0.2, 0) is 0 Å². The van der Waals surface area contributed by atoms with Crippen LogP contribution >= 0.6 is 0 Å². The van der Waals surface area contributed by atoms with Crippen LogP contribution in [0.25, 0.3) is 0 Å². The van der Waals surface area contributed by atoms with Crippen molar-refractivity contribution >= 4 is 0 Å². The third kappa shape index (κ3) is 28.0. The lowest BCUT2D eigenvalue weighted by atomic mass is 10.0. The van der Waals surface area contributed by atoms with Crippen LogP contribution in [0.15, 0.2) is 0 Å². The molecular weight excluding hydrogens is 526 g/mol. The van der Waals surface area contributed by atoms with Crippen LogP contribution in [0.1, 0.15) is 207 Å². The van der Waals surface area contributed by atoms with E-state index in [1.165, 1.54) is 210 Å². The highest BCUT2D eigenvalue weighted by Gasteiger charge is 2.25. The molecule has 0 aromatic heterocycles. The van der Waals surface area contributed by atoms with E-state index in [0.29, 0.717) is 0 Å². The van der Waals surface area contributed by atoms with Crippen LogP contribution in [0.3, 0.4) is 0 Å². The highest BCUT2D eigenvalue weighted by molar-refractivity contribution is 4.54. The Bertz CT molecular complexity index is 379. The van der Waals surface area contributed by atoms with Gasteiger partial charge in [0.2, 0.25) is 0 Å². The molecule has 0 aliphatic rings. The average Bonchev–Trinajstić information content (AvgIpc) is 2.91. The third-order valence-electron chi connectivity index (χ3n) is 8.94. The van der Waals surface area contributed by atoms with Crippen LogP contribution in [0, 0.1) is 0 Å². The lowest BCUT2D eigenvalue weighted by molar-refractivity contribution is -0.929. The van der Waals surface area contributed by atoms with Crippen molar-refractivity contribution < 1.29 is 21.5 Å². The molecule has 0 heterocycles. The first-order valence-corrected chi connectivity index (χ1v) is 18.1. The van der Waals surface area contributed by atoms with Gasteiger partial charge < -0.3 is 21.5 Å². The summed E-state index contributed by atoms with van der Waals surface area (Å²) >= 11 is 0. The summed E-state index contributed by atoms with van der Waals surface area (Å²) in [6.45, 7) is 15.3. The number of nitrogens with zero attached hydrogens (tertiary/aromatic N) is 1. The van der Waals surface area contributed by atoms with E-state index < -0.39 is 0 Å². The number of hydrogen-bond acceptors (Lipinski definition) is 0. The maximum absolute atomic E-state index is 2.36. The van der Waals surface area contributed by atoms with E-state index in [4.69, 9.17) is 0 Å². The fraction of sp³-hybridized carbons (Fsp3) is 1.00. The van der Waals surface area contributed by atoms with Gasteiger partial charge in [-0.15, -0.1) is 0 Å². The number of unbranched alkanes of at least 4 members (excludes halogenated alkanes) is 24. The van der Waals surface area contributed by atoms with Crippen molar-refractivity contribution in [2.45, 2.75) is 207 Å². The molecular formula is C36H76BrN. The molecule has 0 N–H and O–H groups in total. The molecule has 0 aromatic carbocycles. The molecule has 0 spiro atoms. The molecule has 0 amide bonds. The van der Waals surface area contributed by atoms with Gasteiger partial charge in [-0.1, -0.05) is 156 Å². The Balaban J connectivity index is 0. The molecule has 2 heteroatoms. The van der Waals surface area contributed by atoms with E-state index in [1.807, 2.05) is 0 Å². The summed E-state index contributed by atoms with van der Waals surface area (Å²) in [5.74, 6) is 0. The molecule has 0 atom stereocenters. The van der Waals surface area contributed by atoms with Crippen molar-refractivity contribution in [2.24, 2.45) is 0 Å². The van der Waals surface area contributed by atoms with Crippen LogP contribution in [0.4, 0.5) is 0 Å². The smallest absolute Gasteiger partial charge is 0.0786 e. The van der Waals surface area contributed by atoms with Crippen LogP contribution in [0.2, 0.25) is 0 Å². The van der Waals surface area contributed by atoms with E-state index >= 15 is 0 Å². The van der Waals surface area contributed by atoms with Crippen molar-refractivity contribution in [1.82, 2.24) is 0 Å². The molecule has 0 saturated carbocycles. The Hall–Kier alpha value is 0.440. The van der Waals surface area contributed by atoms with Gasteiger partial charge in [0.25, 0.3) is 0 Å². The number of rotatable bonds is 32. The predicted molar refractivity (Wildman–Crippen MR) is 172 cm³/mol. The van der Waals surface area contributed by atoms with Gasteiger partial charge >= 0.3 is 0 Å². The Labute approximate surface area is 254 Å². The second kappa shape index (κ2) is 33.6. The Kier molecular flexibility index (Phi) is 35.9. The summed E-state index contributed by atoms with van der Waals surface area (Å²) < 4.78 is 1.47. The SMILES string of the molecule is CCCCCCCCCCCCCCCCCC[N+](CCCCCC)(CCCCCC)CCCCCC.[Br-]. The second-order valence-corrected chi connectivity index (χ2v) is 12.7. The van der Waals surface area contributed by atoms with E-state index in [9.17, 15) is 0 Å². The number of hydrogen-bond donors (Lipinski definition) is 0. The molecule has 0 radical (unpaired) electrons. The average molecular weight is 603 g/mol. The molecule has 0 aliphatic carbocycles. The van der Waals surface area contributed by atoms with Gasteiger partial charge in [-0.25, -0.2) is 0 Å². The molecule has 0 unspecified atom stereocenters. The highest BCUT2D eigenvalue weighted by Crippen LogP contribution is 2.20. The molecule has 232 valence electrons. The molecule has 0 rings (SSSR count). The van der Waals surface area contributed by atoms with E-state index in [0.717, 1.165) is 0 Å². The van der Waals surface area contributed by atoms with Crippen molar-refractivity contribution in [3.8, 4) is 0 Å². The van der Waals surface area contributed by atoms with E-state index in [2.05, 4.69) is 27.7 Å². The summed E-state index contributed by atoms with van der Waals surface area (Å²) in [6, 6.07) is 0. The van der Waals surface area contributed by atoms with Crippen LogP contribution in [0.5, 0.6) is 0 Å². The van der Waals surface area contributed by atoms with E-state index in [-0.39, 0.29) is 17.0 Å². The topological polar surface area (TPSA) is 0 Å². The van der Waals surface area contributed by atoms with Gasteiger partial charge in [0.15, 0.2) is 0 Å². The monoisotopic (exact) mass is 602 g/mol. The number of quaternary nitrogens is 1. The molecule has 1 nitrogen and oxygen atoms in total. The van der Waals surface area contributed by atoms with Gasteiger partial charge in [-0.2, -0.15) is 0 Å². The first-order valence-electron chi connectivity index (χ1n) is 18.1. The fourth-order valence-corrected chi connectivity index (χ4v) is 6.29. The van der Waals surface area contributed by atoms with Gasteiger partial charge in [-0.05, 0) is 51.4 Å². The standard InChI is InChI=1S/C36H76N.BrH/c1-5-9-13-17-18-19-20-21-22-23-24-25-26-27-28-32-36-37(33-29-14-10-6-2,34-30-15-11-7-3)35-31-16-12-8-4;/h5-36H2,1-4H3;1H/q+1;/p-1. The molecule has 0 bridgehead atoms. The highest BCUT2D eigenvalue weighted by atomic mass is 79.9. The maximum atomic E-state index is 2.36. The fourth-order valence-electron chi connectivity index (χ4n) is 6.29. The van der Waals surface area contributed by atoms with Crippen molar-refractivity contribution in [3.63, 3.8) is 0 Å². The van der Waals surface area contributed by atoms with E-state index in [1.54, 1.807) is 0 Å². The predicted octanol–water partition coefficient (Wildman–Crippen LogP) is 9.81. The maximum Gasteiger partial charge on any atom is 0.0786 e. The van der Waals surface area contributed by atoms with Gasteiger partial charge in [0.1, 0.15) is 0 Å². The van der Waals surface area contributed by atoms with Crippen LogP contribution in [-0.4, -0.2) is 30.7 Å². The zero-order valence-electron chi connectivity index (χ0n) is 27.5. The summed E-state index contributed by atoms with van der Waals surface area (Å²) in [5, 5.41) is 0. The summed E-state index contributed by atoms with van der Waals surface area (Å²) in [5.41, 5.74) is 0. The van der Waals surface area contributed by atoms with Crippen molar-refractivity contribution in [3.05, 3.63) is 0 Å². The molecule has 0 saturated heterocycles. The summed E-state index contributed by atoms with van der Waals surface area (Å²) in [6.07, 6.45) is 40.8. The first-order chi connectivity index (χ1) is 18.2. The van der Waals surface area contributed by atoms with Crippen LogP contribution < -0.4 is 17.0 Å². The van der Waals surface area contributed by atoms with Gasteiger partial charge in [0.05, 0.1) is 26.2 Å². The number of halogens is 1. The lowest BCUT2D eigenvalue weighted by Gasteiger charge is -2.39. The zero-order valence-corrected chi connectivity index (χ0v) is 29.0. The largest absolute Gasteiger partial charge is 1.00 e. The second-order valence-electron chi connectivity index (χ2n) is 12.7. The Morgan fingerprint density at radius 2 is 0.395 bits per heavy atom. The normalized spacial score (nSPS) is 11.7. The molecule has 0 fully saturated rings. The Morgan fingerprint density at radius 1 is 0.237 bits per heavy atom. The van der Waals surface area contributed by atoms with Gasteiger partial charge in [0, 0.05) is 0 Å². The Morgan fingerprint density at radius 3 is 0.605 bits per heavy atom. The molecule has 0 aliphatic heterocycles. The zero-order chi connectivity index (χ0) is 27.1. The summed E-state index contributed by atoms with van der Waals surface area (Å²) in [7, 11) is 0. The van der Waals surface area contributed by atoms with Gasteiger partial charge in [-0.3, -0.25) is 0 Å². The minimum absolute atomic E-state index is 0. The molecule has 0 aromatic rings. The third-order valence-corrected chi connectivity index (χ3v) is 8.94. The first kappa shape index (κ1) is 40.6. The minimum Gasteiger partial charge on any atom is -1.00 e. The lowest BCUT2D eigenvalue weighted by Crippen LogP contribution is -3.00. The summed E-state index contributed by atoms with van der Waals surface area (Å²) in [4.78, 5) is 0. The minimum atomic E-state index is 0.